The van der Waals surface area contributed by atoms with Gasteiger partial charge in [-0.05, 0) is 61.3 Å². The number of benzene rings is 2. The Balaban J connectivity index is 1.92. The first kappa shape index (κ1) is 23.0. The predicted molar refractivity (Wildman–Crippen MR) is 121 cm³/mol. The van der Waals surface area contributed by atoms with Crippen LogP contribution in [0.1, 0.15) is 57.1 Å². The van der Waals surface area contributed by atoms with Gasteiger partial charge in [-0.25, -0.2) is 0 Å². The number of amides is 1. The summed E-state index contributed by atoms with van der Waals surface area (Å²) in [5.74, 6) is 1.65. The van der Waals surface area contributed by atoms with Crippen molar-refractivity contribution in [3.05, 3.63) is 65.7 Å². The van der Waals surface area contributed by atoms with Crippen molar-refractivity contribution in [1.82, 2.24) is 5.32 Å². The molecule has 0 aliphatic rings. The van der Waals surface area contributed by atoms with E-state index in [1.807, 2.05) is 18.2 Å². The lowest BCUT2D eigenvalue weighted by atomic mass is 9.92. The minimum atomic E-state index is 0.0377. The summed E-state index contributed by atoms with van der Waals surface area (Å²) in [4.78, 5) is 12.9. The highest BCUT2D eigenvalue weighted by Gasteiger charge is 2.19. The molecular formula is C26H37NO2. The second-order valence-electron chi connectivity index (χ2n) is 8.10. The number of carbonyl (C=O) groups is 1. The average Bonchev–Trinajstić information content (AvgIpc) is 2.77. The first-order valence-electron chi connectivity index (χ1n) is 11.1. The summed E-state index contributed by atoms with van der Waals surface area (Å²) < 4.78 is 5.24. The van der Waals surface area contributed by atoms with Gasteiger partial charge in [0.15, 0.2) is 0 Å². The van der Waals surface area contributed by atoms with Crippen LogP contribution in [-0.4, -0.2) is 19.6 Å². The summed E-state index contributed by atoms with van der Waals surface area (Å²) in [5.41, 5.74) is 2.55. The lowest BCUT2D eigenvalue weighted by Gasteiger charge is -2.19. The smallest absolute Gasteiger partial charge is 0.223 e. The zero-order chi connectivity index (χ0) is 20.9. The number of unbranched alkanes of at least 4 members (excludes halogenated alkanes) is 1. The highest BCUT2D eigenvalue weighted by Crippen LogP contribution is 2.19. The van der Waals surface area contributed by atoms with Crippen molar-refractivity contribution in [1.29, 1.82) is 0 Å². The number of methoxy groups -OCH3 is 1. The summed E-state index contributed by atoms with van der Waals surface area (Å²) in [5, 5.41) is 3.22. The zero-order valence-electron chi connectivity index (χ0n) is 18.3. The van der Waals surface area contributed by atoms with E-state index in [0.717, 1.165) is 38.0 Å². The van der Waals surface area contributed by atoms with Gasteiger partial charge in [0.25, 0.3) is 0 Å². The first-order valence-corrected chi connectivity index (χ1v) is 11.1. The van der Waals surface area contributed by atoms with Crippen molar-refractivity contribution in [2.75, 3.05) is 13.7 Å². The Labute approximate surface area is 176 Å². The molecule has 0 spiro atoms. The SMILES string of the molecule is CCCC[C@H](C)CNC(=O)C(CCc1ccccc1)CCc1ccc(OC)cc1. The molecule has 1 unspecified atom stereocenters. The molecule has 0 aliphatic heterocycles. The second-order valence-corrected chi connectivity index (χ2v) is 8.10. The first-order chi connectivity index (χ1) is 14.1. The standard InChI is InChI=1S/C26H37NO2/c1-4-5-9-21(2)20-27-26(28)24(16-12-22-10-7-6-8-11-22)17-13-23-14-18-25(29-3)19-15-23/h6-8,10-11,14-15,18-19,21,24H,4-5,9,12-13,16-17,20H2,1-3H3,(H,27,28)/t21-,24?/m0/s1. The van der Waals surface area contributed by atoms with Crippen LogP contribution in [0.4, 0.5) is 0 Å². The van der Waals surface area contributed by atoms with E-state index in [4.69, 9.17) is 4.74 Å². The molecule has 3 heteroatoms. The Morgan fingerprint density at radius 2 is 1.55 bits per heavy atom. The number of rotatable bonds is 13. The van der Waals surface area contributed by atoms with Crippen LogP contribution in [0, 0.1) is 11.8 Å². The quantitative estimate of drug-likeness (QED) is 0.464. The maximum absolute atomic E-state index is 12.9. The fraction of sp³-hybridized carbons (Fsp3) is 0.500. The lowest BCUT2D eigenvalue weighted by Crippen LogP contribution is -2.34. The van der Waals surface area contributed by atoms with Crippen molar-refractivity contribution in [3.8, 4) is 5.75 Å². The van der Waals surface area contributed by atoms with E-state index >= 15 is 0 Å². The van der Waals surface area contributed by atoms with Crippen molar-refractivity contribution in [2.24, 2.45) is 11.8 Å². The van der Waals surface area contributed by atoms with Crippen LogP contribution in [0.5, 0.6) is 5.75 Å². The van der Waals surface area contributed by atoms with Crippen LogP contribution < -0.4 is 10.1 Å². The van der Waals surface area contributed by atoms with Crippen LogP contribution in [-0.2, 0) is 17.6 Å². The normalized spacial score (nSPS) is 12.9. The minimum absolute atomic E-state index is 0.0377. The van der Waals surface area contributed by atoms with Gasteiger partial charge in [0.05, 0.1) is 7.11 Å². The molecule has 0 heterocycles. The van der Waals surface area contributed by atoms with E-state index in [1.54, 1.807) is 7.11 Å². The summed E-state index contributed by atoms with van der Waals surface area (Å²) in [7, 11) is 1.68. The Hall–Kier alpha value is -2.29. The number of hydrogen-bond acceptors (Lipinski definition) is 2. The van der Waals surface area contributed by atoms with Crippen molar-refractivity contribution >= 4 is 5.91 Å². The molecule has 1 amide bonds. The van der Waals surface area contributed by atoms with Gasteiger partial charge in [-0.2, -0.15) is 0 Å². The predicted octanol–water partition coefficient (Wildman–Crippen LogP) is 5.82. The molecule has 0 saturated heterocycles. The Morgan fingerprint density at radius 3 is 2.14 bits per heavy atom. The van der Waals surface area contributed by atoms with Crippen LogP contribution in [0.2, 0.25) is 0 Å². The molecule has 2 aromatic rings. The summed E-state index contributed by atoms with van der Waals surface area (Å²) in [6.45, 7) is 5.22. The Kier molecular flexibility index (Phi) is 10.3. The summed E-state index contributed by atoms with van der Waals surface area (Å²) in [6, 6.07) is 18.6. The molecular weight excluding hydrogens is 358 g/mol. The van der Waals surface area contributed by atoms with Crippen molar-refractivity contribution in [2.45, 2.75) is 58.8 Å². The molecule has 0 fully saturated rings. The molecule has 0 aliphatic carbocycles. The highest BCUT2D eigenvalue weighted by atomic mass is 16.5. The van der Waals surface area contributed by atoms with Crippen LogP contribution in [0.15, 0.2) is 54.6 Å². The van der Waals surface area contributed by atoms with Crippen molar-refractivity contribution in [3.63, 3.8) is 0 Å². The third-order valence-electron chi connectivity index (χ3n) is 5.61. The van der Waals surface area contributed by atoms with Gasteiger partial charge >= 0.3 is 0 Å². The molecule has 158 valence electrons. The van der Waals surface area contributed by atoms with Crippen LogP contribution >= 0.6 is 0 Å². The number of hydrogen-bond donors (Lipinski definition) is 1. The molecule has 0 saturated carbocycles. The third-order valence-corrected chi connectivity index (χ3v) is 5.61. The van der Waals surface area contributed by atoms with E-state index in [0.29, 0.717) is 5.92 Å². The van der Waals surface area contributed by atoms with Gasteiger partial charge in [-0.15, -0.1) is 0 Å². The zero-order valence-corrected chi connectivity index (χ0v) is 18.3. The molecule has 2 rings (SSSR count). The number of ether oxygens (including phenoxy) is 1. The monoisotopic (exact) mass is 395 g/mol. The van der Waals surface area contributed by atoms with E-state index < -0.39 is 0 Å². The van der Waals surface area contributed by atoms with Gasteiger partial charge in [0.2, 0.25) is 5.91 Å². The highest BCUT2D eigenvalue weighted by molar-refractivity contribution is 5.78. The number of aryl methyl sites for hydroxylation is 2. The maximum atomic E-state index is 12.9. The largest absolute Gasteiger partial charge is 0.497 e. The van der Waals surface area contributed by atoms with Gasteiger partial charge in [-0.3, -0.25) is 4.79 Å². The molecule has 3 nitrogen and oxygen atoms in total. The Morgan fingerprint density at radius 1 is 0.931 bits per heavy atom. The molecule has 2 atom stereocenters. The van der Waals surface area contributed by atoms with E-state index in [2.05, 4.69) is 55.6 Å². The minimum Gasteiger partial charge on any atom is -0.497 e. The Bertz CT molecular complexity index is 696. The summed E-state index contributed by atoms with van der Waals surface area (Å²) in [6.07, 6.45) is 7.21. The van der Waals surface area contributed by atoms with Gasteiger partial charge in [-0.1, -0.05) is 69.2 Å². The second kappa shape index (κ2) is 13.0. The maximum Gasteiger partial charge on any atom is 0.223 e. The van der Waals surface area contributed by atoms with E-state index in [9.17, 15) is 4.79 Å². The van der Waals surface area contributed by atoms with Crippen molar-refractivity contribution < 1.29 is 9.53 Å². The molecule has 1 N–H and O–H groups in total. The van der Waals surface area contributed by atoms with E-state index in [-0.39, 0.29) is 11.8 Å². The van der Waals surface area contributed by atoms with Gasteiger partial charge in [0.1, 0.15) is 5.75 Å². The fourth-order valence-electron chi connectivity index (χ4n) is 3.60. The van der Waals surface area contributed by atoms with E-state index in [1.165, 1.54) is 30.4 Å². The van der Waals surface area contributed by atoms with Crippen LogP contribution in [0.25, 0.3) is 0 Å². The number of nitrogens with one attached hydrogen (secondary N) is 1. The molecule has 0 bridgehead atoms. The third kappa shape index (κ3) is 8.72. The van der Waals surface area contributed by atoms with Gasteiger partial charge in [0, 0.05) is 12.5 Å². The topological polar surface area (TPSA) is 38.3 Å². The van der Waals surface area contributed by atoms with Crippen LogP contribution in [0.3, 0.4) is 0 Å². The molecule has 0 radical (unpaired) electrons. The average molecular weight is 396 g/mol. The molecule has 0 aromatic heterocycles. The fourth-order valence-corrected chi connectivity index (χ4v) is 3.60. The molecule has 29 heavy (non-hydrogen) atoms. The number of carbonyl (C=O) groups excluding carboxylic acids is 1. The van der Waals surface area contributed by atoms with Gasteiger partial charge < -0.3 is 10.1 Å². The summed E-state index contributed by atoms with van der Waals surface area (Å²) >= 11 is 0. The lowest BCUT2D eigenvalue weighted by molar-refractivity contribution is -0.125. The molecule has 2 aromatic carbocycles.